The van der Waals surface area contributed by atoms with Crippen molar-refractivity contribution < 1.29 is 4.74 Å². The first kappa shape index (κ1) is 25.4. The molecule has 1 aliphatic rings. The fraction of sp³-hybridized carbons (Fsp3) is 0. The average molecular weight is 576 g/mol. The number of rotatable bonds is 4. The van der Waals surface area contributed by atoms with Crippen LogP contribution < -0.4 is 4.74 Å². The van der Waals surface area contributed by atoms with Crippen molar-refractivity contribution in [2.24, 2.45) is 0 Å². The Morgan fingerprint density at radius 1 is 0.400 bits per heavy atom. The minimum atomic E-state index is 0.824. The maximum absolute atomic E-state index is 6.30. The van der Waals surface area contributed by atoms with E-state index in [2.05, 4.69) is 97.1 Å². The van der Waals surface area contributed by atoms with E-state index in [0.717, 1.165) is 83.8 Å². The van der Waals surface area contributed by atoms with Gasteiger partial charge < -0.3 is 4.74 Å². The van der Waals surface area contributed by atoms with Crippen LogP contribution in [0.25, 0.3) is 77.8 Å². The molecule has 45 heavy (non-hydrogen) atoms. The number of ether oxygens (including phenoxy) is 1. The molecule has 0 bridgehead atoms. The summed E-state index contributed by atoms with van der Waals surface area (Å²) >= 11 is 0. The summed E-state index contributed by atoms with van der Waals surface area (Å²) in [5.74, 6) is 1.74. The second kappa shape index (κ2) is 10.2. The summed E-state index contributed by atoms with van der Waals surface area (Å²) in [4.78, 5) is 15.1. The Balaban J connectivity index is 1.14. The number of para-hydroxylation sites is 1. The van der Waals surface area contributed by atoms with Crippen LogP contribution in [0.5, 0.6) is 11.5 Å². The van der Waals surface area contributed by atoms with Gasteiger partial charge in [0.1, 0.15) is 11.5 Å². The van der Waals surface area contributed by atoms with E-state index in [9.17, 15) is 0 Å². The third-order valence-electron chi connectivity index (χ3n) is 8.52. The summed E-state index contributed by atoms with van der Waals surface area (Å²) in [6, 6.07) is 50.0. The molecule has 0 aliphatic carbocycles. The first-order chi connectivity index (χ1) is 22.3. The maximum atomic E-state index is 6.30. The van der Waals surface area contributed by atoms with Crippen molar-refractivity contribution in [3.05, 3.63) is 152 Å². The number of benzene rings is 6. The number of nitrogens with zero attached hydrogens (tertiary/aromatic N) is 3. The lowest BCUT2D eigenvalue weighted by atomic mass is 9.92. The molecule has 0 spiro atoms. The zero-order valence-corrected chi connectivity index (χ0v) is 24.2. The molecule has 1 aliphatic heterocycles. The number of aromatic nitrogens is 3. The Morgan fingerprint density at radius 3 is 1.98 bits per heavy atom. The van der Waals surface area contributed by atoms with E-state index in [1.165, 1.54) is 5.56 Å². The number of hydrogen-bond donors (Lipinski definition) is 0. The highest BCUT2D eigenvalue weighted by Crippen LogP contribution is 2.48. The summed E-state index contributed by atoms with van der Waals surface area (Å²) in [5.41, 5.74) is 12.0. The number of pyridine rings is 1. The number of hydrogen-bond acceptors (Lipinski definition) is 4. The minimum Gasteiger partial charge on any atom is -0.456 e. The Labute approximate surface area is 260 Å². The maximum Gasteiger partial charge on any atom is 0.135 e. The molecular formula is C41H25N3O. The monoisotopic (exact) mass is 575 g/mol. The van der Waals surface area contributed by atoms with Gasteiger partial charge in [0, 0.05) is 27.6 Å². The van der Waals surface area contributed by atoms with Crippen LogP contribution in [0.1, 0.15) is 0 Å². The predicted octanol–water partition coefficient (Wildman–Crippen LogP) is 10.6. The zero-order chi connectivity index (χ0) is 29.7. The van der Waals surface area contributed by atoms with Crippen LogP contribution in [-0.4, -0.2) is 15.0 Å². The molecule has 0 fully saturated rings. The molecule has 210 valence electrons. The van der Waals surface area contributed by atoms with Crippen LogP contribution in [0, 0.1) is 0 Å². The van der Waals surface area contributed by atoms with Gasteiger partial charge in [0.2, 0.25) is 0 Å². The van der Waals surface area contributed by atoms with Crippen molar-refractivity contribution in [3.8, 4) is 67.5 Å². The summed E-state index contributed by atoms with van der Waals surface area (Å²) in [6.07, 6.45) is 1.87. The van der Waals surface area contributed by atoms with Crippen molar-refractivity contribution in [3.63, 3.8) is 0 Å². The zero-order valence-electron chi connectivity index (χ0n) is 24.2. The molecule has 0 atom stereocenters. The van der Waals surface area contributed by atoms with E-state index in [1.54, 1.807) is 0 Å². The van der Waals surface area contributed by atoms with E-state index < -0.39 is 0 Å². The Hall–Kier alpha value is -6.13. The Morgan fingerprint density at radius 2 is 1.13 bits per heavy atom. The third-order valence-corrected chi connectivity index (χ3v) is 8.52. The van der Waals surface area contributed by atoms with Gasteiger partial charge in [-0.3, -0.25) is 4.98 Å². The first-order valence-corrected chi connectivity index (χ1v) is 15.0. The molecule has 0 amide bonds. The lowest BCUT2D eigenvalue weighted by Gasteiger charge is -2.22. The highest BCUT2D eigenvalue weighted by Gasteiger charge is 2.21. The lowest BCUT2D eigenvalue weighted by Crippen LogP contribution is -1.98. The Kier molecular flexibility index (Phi) is 5.78. The fourth-order valence-electron chi connectivity index (χ4n) is 6.34. The molecule has 3 heterocycles. The molecule has 0 N–H and O–H groups in total. The lowest BCUT2D eigenvalue weighted by molar-refractivity contribution is 0.487. The van der Waals surface area contributed by atoms with Gasteiger partial charge in [-0.05, 0) is 64.5 Å². The quantitative estimate of drug-likeness (QED) is 0.209. The van der Waals surface area contributed by atoms with Gasteiger partial charge in [0.05, 0.1) is 34.3 Å². The second-order valence-electron chi connectivity index (χ2n) is 11.3. The van der Waals surface area contributed by atoms with Crippen LogP contribution in [0.15, 0.2) is 152 Å². The van der Waals surface area contributed by atoms with E-state index >= 15 is 0 Å². The van der Waals surface area contributed by atoms with Gasteiger partial charge in [-0.2, -0.15) is 0 Å². The van der Waals surface area contributed by atoms with Crippen molar-refractivity contribution >= 4 is 21.8 Å². The van der Waals surface area contributed by atoms with Crippen molar-refractivity contribution in [2.75, 3.05) is 0 Å². The molecule has 0 saturated carbocycles. The van der Waals surface area contributed by atoms with E-state index in [4.69, 9.17) is 19.7 Å². The Bertz CT molecular complexity index is 2340. The molecule has 0 saturated heterocycles. The highest BCUT2D eigenvalue weighted by molar-refractivity contribution is 6.09. The van der Waals surface area contributed by atoms with Crippen molar-refractivity contribution in [1.29, 1.82) is 0 Å². The van der Waals surface area contributed by atoms with Gasteiger partial charge in [-0.15, -0.1) is 0 Å². The smallest absolute Gasteiger partial charge is 0.135 e. The molecule has 0 radical (unpaired) electrons. The third kappa shape index (κ3) is 4.35. The highest BCUT2D eigenvalue weighted by atomic mass is 16.5. The van der Waals surface area contributed by atoms with Gasteiger partial charge in [0.15, 0.2) is 0 Å². The van der Waals surface area contributed by atoms with Gasteiger partial charge in [-0.25, -0.2) is 9.97 Å². The summed E-state index contributed by atoms with van der Waals surface area (Å²) in [7, 11) is 0. The van der Waals surface area contributed by atoms with Crippen LogP contribution >= 0.6 is 0 Å². The minimum absolute atomic E-state index is 0.824. The summed E-state index contributed by atoms with van der Waals surface area (Å²) in [5, 5.41) is 2.20. The SMILES string of the molecule is c1ccc(-c2cc(-c3ccccc3)nc(-c3ccc4nc(-c5ccc6c7c(cccc57)-c5ccccc5O6)cnc4c3)c2)cc1. The first-order valence-electron chi connectivity index (χ1n) is 15.0. The average Bonchev–Trinajstić information content (AvgIpc) is 3.12. The van der Waals surface area contributed by atoms with Gasteiger partial charge in [-0.1, -0.05) is 103 Å². The van der Waals surface area contributed by atoms with E-state index in [1.807, 2.05) is 54.7 Å². The number of fused-ring (bicyclic) bond motifs is 3. The topological polar surface area (TPSA) is 47.9 Å². The van der Waals surface area contributed by atoms with Crippen molar-refractivity contribution in [2.45, 2.75) is 0 Å². The van der Waals surface area contributed by atoms with E-state index in [-0.39, 0.29) is 0 Å². The molecule has 9 rings (SSSR count). The molecule has 6 aromatic carbocycles. The molecule has 8 aromatic rings. The summed E-state index contributed by atoms with van der Waals surface area (Å²) in [6.45, 7) is 0. The van der Waals surface area contributed by atoms with Crippen LogP contribution in [0.3, 0.4) is 0 Å². The largest absolute Gasteiger partial charge is 0.456 e. The van der Waals surface area contributed by atoms with Crippen LogP contribution in [-0.2, 0) is 0 Å². The standard InChI is InChI=1S/C41H25N3O/c1-3-10-26(11-4-1)29-23-35(27-12-5-2-6-13-27)44-36(24-29)28-18-20-34-37(22-28)42-25-38(43-34)30-19-21-40-41-32(30)15-9-16-33(41)31-14-7-8-17-39(31)45-40/h1-25H. The molecule has 4 heteroatoms. The fourth-order valence-corrected chi connectivity index (χ4v) is 6.34. The van der Waals surface area contributed by atoms with Crippen LogP contribution in [0.2, 0.25) is 0 Å². The summed E-state index contributed by atoms with van der Waals surface area (Å²) < 4.78 is 6.30. The van der Waals surface area contributed by atoms with E-state index in [0.29, 0.717) is 0 Å². The molecule has 0 unspecified atom stereocenters. The normalized spacial score (nSPS) is 11.7. The predicted molar refractivity (Wildman–Crippen MR) is 182 cm³/mol. The molecule has 4 nitrogen and oxygen atoms in total. The molecular weight excluding hydrogens is 550 g/mol. The van der Waals surface area contributed by atoms with Crippen LogP contribution in [0.4, 0.5) is 0 Å². The molecule has 2 aromatic heterocycles. The van der Waals surface area contributed by atoms with Gasteiger partial charge >= 0.3 is 0 Å². The second-order valence-corrected chi connectivity index (χ2v) is 11.3. The van der Waals surface area contributed by atoms with Crippen molar-refractivity contribution in [1.82, 2.24) is 15.0 Å². The van der Waals surface area contributed by atoms with Gasteiger partial charge in [0.25, 0.3) is 0 Å².